The topological polar surface area (TPSA) is 60.4 Å². The van der Waals surface area contributed by atoms with Gasteiger partial charge in [-0.3, -0.25) is 0 Å². The quantitative estimate of drug-likeness (QED) is 0.545. The zero-order valence-corrected chi connectivity index (χ0v) is 12.3. The third-order valence-corrected chi connectivity index (χ3v) is 4.48. The summed E-state index contributed by atoms with van der Waals surface area (Å²) in [7, 11) is -4.18. The molecule has 3 aromatic carbocycles. The predicted octanol–water partition coefficient (Wildman–Crippen LogP) is 2.74. The molecule has 4 nitrogen and oxygen atoms in total. The Morgan fingerprint density at radius 1 is 0.783 bits per heavy atom. The summed E-state index contributed by atoms with van der Waals surface area (Å²) >= 11 is 0. The van der Waals surface area contributed by atoms with Crippen LogP contribution < -0.4 is 0 Å². The van der Waals surface area contributed by atoms with Crippen LogP contribution in [0.3, 0.4) is 0 Å². The van der Waals surface area contributed by atoms with Gasteiger partial charge >= 0.3 is 45.6 Å². The van der Waals surface area contributed by atoms with Crippen LogP contribution in [-0.4, -0.2) is 43.9 Å². The first kappa shape index (κ1) is 17.7. The SMILES string of the molecule is O=C(OS(=O)(=O)c1cccc2ccccc12)c1ccccc1.[NaH]. The van der Waals surface area contributed by atoms with E-state index in [9.17, 15) is 13.2 Å². The predicted molar refractivity (Wildman–Crippen MR) is 90.1 cm³/mol. The van der Waals surface area contributed by atoms with E-state index in [1.165, 1.54) is 18.2 Å². The summed E-state index contributed by atoms with van der Waals surface area (Å²) in [6.07, 6.45) is 0. The van der Waals surface area contributed by atoms with Crippen LogP contribution in [0, 0.1) is 0 Å². The van der Waals surface area contributed by atoms with Gasteiger partial charge in [0.15, 0.2) is 0 Å². The molecule has 23 heavy (non-hydrogen) atoms. The van der Waals surface area contributed by atoms with Crippen molar-refractivity contribution in [3.63, 3.8) is 0 Å². The summed E-state index contributed by atoms with van der Waals surface area (Å²) in [4.78, 5) is 11.9. The molecule has 3 rings (SSSR count). The van der Waals surface area contributed by atoms with E-state index in [2.05, 4.69) is 0 Å². The van der Waals surface area contributed by atoms with Crippen LogP contribution in [0.1, 0.15) is 10.4 Å². The van der Waals surface area contributed by atoms with Crippen LogP contribution in [0.15, 0.2) is 77.7 Å². The second kappa shape index (κ2) is 7.27. The van der Waals surface area contributed by atoms with Crippen molar-refractivity contribution < 1.29 is 17.4 Å². The molecule has 0 fully saturated rings. The van der Waals surface area contributed by atoms with Crippen LogP contribution in [-0.2, 0) is 14.3 Å². The van der Waals surface area contributed by atoms with Crippen molar-refractivity contribution in [3.8, 4) is 0 Å². The van der Waals surface area contributed by atoms with Gasteiger partial charge in [-0.15, -0.1) is 0 Å². The van der Waals surface area contributed by atoms with Crippen molar-refractivity contribution in [1.29, 1.82) is 0 Å². The molecular weight excluding hydrogens is 323 g/mol. The number of carbonyl (C=O) groups is 1. The fourth-order valence-corrected chi connectivity index (χ4v) is 3.27. The Kier molecular flexibility index (Phi) is 5.59. The Bertz CT molecular complexity index is 932. The van der Waals surface area contributed by atoms with Gasteiger partial charge in [-0.05, 0) is 23.6 Å². The van der Waals surface area contributed by atoms with Gasteiger partial charge in [-0.2, -0.15) is 8.42 Å². The van der Waals surface area contributed by atoms with Crippen molar-refractivity contribution in [3.05, 3.63) is 78.4 Å². The molecule has 0 bridgehead atoms. The average Bonchev–Trinajstić information content (AvgIpc) is 2.54. The van der Waals surface area contributed by atoms with Crippen molar-refractivity contribution in [1.82, 2.24) is 0 Å². The Balaban J connectivity index is 0.00000192. The molecule has 0 aliphatic rings. The summed E-state index contributed by atoms with van der Waals surface area (Å²) in [6.45, 7) is 0. The molecule has 6 heteroatoms. The standard InChI is InChI=1S/C17H12O4S.Na.H/c18-17(14-8-2-1-3-9-14)21-22(19,20)16-12-6-10-13-7-4-5-11-15(13)16;;/h1-12H;;. The number of rotatable bonds is 3. The number of hydrogen-bond acceptors (Lipinski definition) is 4. The van der Waals surface area contributed by atoms with Crippen LogP contribution in [0.5, 0.6) is 0 Å². The van der Waals surface area contributed by atoms with E-state index in [0.29, 0.717) is 5.39 Å². The number of carbonyl (C=O) groups excluding carboxylic acids is 1. The van der Waals surface area contributed by atoms with Gasteiger partial charge in [-0.1, -0.05) is 54.6 Å². The van der Waals surface area contributed by atoms with E-state index >= 15 is 0 Å². The second-order valence-electron chi connectivity index (χ2n) is 4.67. The zero-order chi connectivity index (χ0) is 15.6. The van der Waals surface area contributed by atoms with Gasteiger partial charge in [-0.25, -0.2) is 4.79 Å². The molecule has 0 aliphatic heterocycles. The third-order valence-electron chi connectivity index (χ3n) is 3.21. The van der Waals surface area contributed by atoms with Crippen molar-refractivity contribution in [2.45, 2.75) is 4.90 Å². The van der Waals surface area contributed by atoms with Crippen LogP contribution in [0.25, 0.3) is 10.8 Å². The van der Waals surface area contributed by atoms with Crippen molar-refractivity contribution in [2.75, 3.05) is 0 Å². The van der Waals surface area contributed by atoms with Gasteiger partial charge in [0.25, 0.3) is 0 Å². The molecule has 0 amide bonds. The van der Waals surface area contributed by atoms with Gasteiger partial charge in [0, 0.05) is 5.39 Å². The molecule has 0 unspecified atom stereocenters. The van der Waals surface area contributed by atoms with E-state index < -0.39 is 16.1 Å². The Morgan fingerprint density at radius 2 is 1.39 bits per heavy atom. The van der Waals surface area contributed by atoms with Crippen LogP contribution >= 0.6 is 0 Å². The monoisotopic (exact) mass is 336 g/mol. The van der Waals surface area contributed by atoms with Gasteiger partial charge < -0.3 is 4.18 Å². The molecule has 0 aliphatic carbocycles. The van der Waals surface area contributed by atoms with E-state index in [1.807, 2.05) is 6.07 Å². The normalized spacial score (nSPS) is 10.8. The molecule has 0 spiro atoms. The summed E-state index contributed by atoms with van der Waals surface area (Å²) in [5.41, 5.74) is 0.186. The molecule has 0 aromatic heterocycles. The van der Waals surface area contributed by atoms with E-state index in [0.717, 1.165) is 5.39 Å². The molecule has 0 atom stereocenters. The molecule has 0 saturated carbocycles. The van der Waals surface area contributed by atoms with Gasteiger partial charge in [0.05, 0.1) is 5.56 Å². The van der Waals surface area contributed by atoms with E-state index in [1.54, 1.807) is 48.5 Å². The van der Waals surface area contributed by atoms with Gasteiger partial charge in [0.1, 0.15) is 4.90 Å². The summed E-state index contributed by atoms with van der Waals surface area (Å²) in [5.74, 6) is -0.895. The molecule has 0 heterocycles. The van der Waals surface area contributed by atoms with Crippen molar-refractivity contribution in [2.24, 2.45) is 0 Å². The van der Waals surface area contributed by atoms with Crippen LogP contribution in [0.2, 0.25) is 0 Å². The maximum atomic E-state index is 12.4. The minimum absolute atomic E-state index is 0. The first-order valence-corrected chi connectivity index (χ1v) is 8.00. The number of benzene rings is 3. The first-order chi connectivity index (χ1) is 10.6. The Labute approximate surface area is 156 Å². The number of hydrogen-bond donors (Lipinski definition) is 0. The van der Waals surface area contributed by atoms with Crippen molar-refractivity contribution >= 4 is 56.4 Å². The Hall–Kier alpha value is -1.66. The van der Waals surface area contributed by atoms with Crippen LogP contribution in [0.4, 0.5) is 0 Å². The maximum absolute atomic E-state index is 12.4. The zero-order valence-electron chi connectivity index (χ0n) is 11.5. The first-order valence-electron chi connectivity index (χ1n) is 6.59. The molecular formula is C17H13NaO4S. The molecule has 0 N–H and O–H groups in total. The van der Waals surface area contributed by atoms with E-state index in [-0.39, 0.29) is 40.0 Å². The molecule has 0 saturated heterocycles. The average molecular weight is 336 g/mol. The fourth-order valence-electron chi connectivity index (χ4n) is 2.18. The summed E-state index contributed by atoms with van der Waals surface area (Å²) < 4.78 is 29.5. The summed E-state index contributed by atoms with van der Waals surface area (Å²) in [5, 5.41) is 1.28. The minimum atomic E-state index is -4.18. The Morgan fingerprint density at radius 3 is 2.13 bits per heavy atom. The molecule has 0 radical (unpaired) electrons. The molecule has 3 aromatic rings. The fraction of sp³-hybridized carbons (Fsp3) is 0. The second-order valence-corrected chi connectivity index (χ2v) is 6.18. The summed E-state index contributed by atoms with van der Waals surface area (Å²) in [6, 6.07) is 19.9. The third kappa shape index (κ3) is 3.82. The van der Waals surface area contributed by atoms with E-state index in [4.69, 9.17) is 4.18 Å². The molecule has 112 valence electrons. The van der Waals surface area contributed by atoms with Gasteiger partial charge in [0.2, 0.25) is 0 Å². The number of fused-ring (bicyclic) bond motifs is 1.